The number of rotatable bonds is 0. The van der Waals surface area contributed by atoms with E-state index in [1.807, 2.05) is 16.6 Å². The molecule has 0 fully saturated rings. The zero-order valence-corrected chi connectivity index (χ0v) is 6.19. The second-order valence-electron chi connectivity index (χ2n) is 0.670. The summed E-state index contributed by atoms with van der Waals surface area (Å²) in [5.74, 6) is 3.76. The fraction of sp³-hybridized carbons (Fsp3) is 0.667. The Morgan fingerprint density at radius 1 is 1.29 bits per heavy atom. The van der Waals surface area contributed by atoms with Gasteiger partial charge in [-0.2, -0.15) is 0 Å². The van der Waals surface area contributed by atoms with E-state index in [1.165, 1.54) is 0 Å². The maximum Gasteiger partial charge on any atom is 1.00 e. The molecule has 0 aliphatic carbocycles. The normalized spacial score (nSPS) is 6.71. The van der Waals surface area contributed by atoms with Crippen LogP contribution < -0.4 is 37.7 Å². The molecular formula is C3H6CuLi2N. The first-order valence-corrected chi connectivity index (χ1v) is 3.33. The van der Waals surface area contributed by atoms with Crippen LogP contribution in [0.15, 0.2) is 0 Å². The largest absolute Gasteiger partial charge is 1.00 e. The third kappa shape index (κ3) is 19.0. The Hall–Kier alpha value is 1.20. The molecule has 0 saturated carbocycles. The van der Waals surface area contributed by atoms with Gasteiger partial charge in [0.2, 0.25) is 0 Å². The predicted octanol–water partition coefficient (Wildman–Crippen LogP) is -4.81. The number of hydrogen-bond acceptors (Lipinski definition) is 1. The van der Waals surface area contributed by atoms with Crippen molar-refractivity contribution in [3.63, 3.8) is 0 Å². The van der Waals surface area contributed by atoms with Crippen molar-refractivity contribution in [2.24, 2.45) is 0 Å². The van der Waals surface area contributed by atoms with Crippen LogP contribution >= 0.6 is 0 Å². The van der Waals surface area contributed by atoms with Gasteiger partial charge in [0, 0.05) is 0 Å². The molecule has 0 saturated heterocycles. The minimum absolute atomic E-state index is 0. The van der Waals surface area contributed by atoms with Crippen LogP contribution in [0, 0.1) is 10.2 Å². The van der Waals surface area contributed by atoms with Gasteiger partial charge in [-0.25, -0.2) is 0 Å². The molecule has 0 radical (unpaired) electrons. The van der Waals surface area contributed by atoms with Crippen molar-refractivity contribution < 1.29 is 51.6 Å². The van der Waals surface area contributed by atoms with Gasteiger partial charge < -0.3 is 0 Å². The van der Waals surface area contributed by atoms with Gasteiger partial charge in [0.25, 0.3) is 0 Å². The van der Waals surface area contributed by atoms with Crippen molar-refractivity contribution in [3.8, 4) is 4.97 Å². The van der Waals surface area contributed by atoms with E-state index in [9.17, 15) is 0 Å². The molecule has 0 aliphatic heterocycles. The van der Waals surface area contributed by atoms with Crippen LogP contribution in [-0.2, 0) is 13.9 Å². The first kappa shape index (κ1) is 15.7. The summed E-state index contributed by atoms with van der Waals surface area (Å²) in [6.07, 6.45) is 0. The van der Waals surface area contributed by atoms with E-state index < -0.39 is 0 Å². The summed E-state index contributed by atoms with van der Waals surface area (Å²) < 4.78 is 0. The Labute approximate surface area is 73.1 Å². The first-order chi connectivity index (χ1) is 2.27. The monoisotopic (exact) mass is 133 g/mol. The molecule has 0 unspecified atom stereocenters. The summed E-state index contributed by atoms with van der Waals surface area (Å²) in [5, 5.41) is 7.90. The van der Waals surface area contributed by atoms with E-state index in [2.05, 4.69) is 0 Å². The number of nitrogens with zero attached hydrogens (tertiary/aromatic N) is 1. The van der Waals surface area contributed by atoms with Crippen molar-refractivity contribution in [1.29, 1.82) is 5.26 Å². The molecule has 1 nitrogen and oxygen atoms in total. The molecule has 4 heteroatoms. The summed E-state index contributed by atoms with van der Waals surface area (Å²) in [7, 11) is 0. The Kier molecular flexibility index (Phi) is 23.0. The van der Waals surface area contributed by atoms with Crippen LogP contribution in [0.5, 0.6) is 0 Å². The quantitative estimate of drug-likeness (QED) is 0.304. The molecule has 0 aromatic heterocycles. The van der Waals surface area contributed by atoms with Crippen molar-refractivity contribution in [2.75, 3.05) is 0 Å². The van der Waals surface area contributed by atoms with E-state index in [0.29, 0.717) is 0 Å². The van der Waals surface area contributed by atoms with E-state index in [4.69, 9.17) is 5.26 Å². The predicted molar refractivity (Wildman–Crippen MR) is 17.3 cm³/mol. The standard InChI is InChI=1S/CN.2CH3.Cu.2Li/c1-2;;;;;/h;2*1H3;;;/q;;;-2;2*+1. The topological polar surface area (TPSA) is 23.8 Å². The minimum Gasteiger partial charge on any atom is 1.00 e. The van der Waals surface area contributed by atoms with Gasteiger partial charge >= 0.3 is 73.5 Å². The Morgan fingerprint density at radius 2 is 1.43 bits per heavy atom. The second kappa shape index (κ2) is 10.2. The zero-order chi connectivity index (χ0) is 4.28. The molecule has 0 heterocycles. The average molecular weight is 134 g/mol. The number of hydrogen-bond donors (Lipinski definition) is 0. The smallest absolute Gasteiger partial charge is 1.00 e. The molecular weight excluding hydrogens is 127 g/mol. The Bertz CT molecular complexity index is 58.4. The van der Waals surface area contributed by atoms with Crippen LogP contribution in [0.4, 0.5) is 0 Å². The molecule has 7 heavy (non-hydrogen) atoms. The fourth-order valence-electron chi connectivity index (χ4n) is 0. The summed E-state index contributed by atoms with van der Waals surface area (Å²) in [6, 6.07) is 0. The zero-order valence-electron chi connectivity index (χ0n) is 5.25. The van der Waals surface area contributed by atoms with Crippen LogP contribution in [0.1, 0.15) is 0 Å². The summed E-state index contributed by atoms with van der Waals surface area (Å²) in [4.78, 5) is 2.05. The van der Waals surface area contributed by atoms with Gasteiger partial charge in [0.05, 0.1) is 0 Å². The molecule has 0 aliphatic rings. The van der Waals surface area contributed by atoms with Crippen LogP contribution in [0.3, 0.4) is 0 Å². The number of nitriles is 1. The molecule has 0 spiro atoms. The van der Waals surface area contributed by atoms with E-state index in [0.717, 1.165) is 0 Å². The Morgan fingerprint density at radius 3 is 1.43 bits per heavy atom. The summed E-state index contributed by atoms with van der Waals surface area (Å²) >= 11 is 0.0347. The van der Waals surface area contributed by atoms with Gasteiger partial charge in [-0.1, -0.05) is 0 Å². The van der Waals surface area contributed by atoms with Crippen molar-refractivity contribution in [2.45, 2.75) is 11.6 Å². The first-order valence-electron chi connectivity index (χ1n) is 0.977. The molecule has 0 bridgehead atoms. The van der Waals surface area contributed by atoms with Gasteiger partial charge in [0.1, 0.15) is 0 Å². The minimum atomic E-state index is 0. The molecule has 0 amide bonds. The molecule has 0 rings (SSSR count). The maximum atomic E-state index is 7.90. The fourth-order valence-corrected chi connectivity index (χ4v) is 0. The summed E-state index contributed by atoms with van der Waals surface area (Å²) in [5.41, 5.74) is 0. The van der Waals surface area contributed by atoms with Crippen LogP contribution in [-0.4, -0.2) is 0 Å². The average Bonchev–Trinajstić information content (AvgIpc) is 1.38. The van der Waals surface area contributed by atoms with Crippen molar-refractivity contribution in [3.05, 3.63) is 0 Å². The molecule has 0 N–H and O–H groups in total. The Balaban J connectivity index is -0.0000000800. The van der Waals surface area contributed by atoms with Crippen LogP contribution in [0.25, 0.3) is 0 Å². The van der Waals surface area contributed by atoms with Gasteiger partial charge in [-0.15, -0.1) is 0 Å². The van der Waals surface area contributed by atoms with Crippen molar-refractivity contribution in [1.82, 2.24) is 0 Å². The van der Waals surface area contributed by atoms with Gasteiger partial charge in [-0.3, -0.25) is 0 Å². The van der Waals surface area contributed by atoms with E-state index in [1.54, 1.807) is 0 Å². The van der Waals surface area contributed by atoms with E-state index in [-0.39, 0.29) is 51.6 Å². The van der Waals surface area contributed by atoms with Crippen molar-refractivity contribution >= 4 is 0 Å². The molecule has 0 aromatic carbocycles. The van der Waals surface area contributed by atoms with Gasteiger partial charge in [-0.05, 0) is 0 Å². The third-order valence-corrected chi connectivity index (χ3v) is 0.556. The second-order valence-corrected chi connectivity index (χ2v) is 2.76. The third-order valence-electron chi connectivity index (χ3n) is 0.135. The molecule has 36 valence electrons. The van der Waals surface area contributed by atoms with E-state index >= 15 is 0 Å². The maximum absolute atomic E-state index is 7.90. The van der Waals surface area contributed by atoms with Gasteiger partial charge in [0.15, 0.2) is 0 Å². The summed E-state index contributed by atoms with van der Waals surface area (Å²) in [6.45, 7) is 0. The molecule has 0 aromatic rings. The molecule has 0 atom stereocenters. The SMILES string of the molecule is [CH3][Cu-2]([CH3])[C]#N.[Li+].[Li+]. The van der Waals surface area contributed by atoms with Crippen LogP contribution in [0.2, 0.25) is 11.6 Å².